The molecule has 0 aliphatic carbocycles. The van der Waals surface area contributed by atoms with E-state index in [2.05, 4.69) is 53.8 Å². The van der Waals surface area contributed by atoms with Crippen molar-refractivity contribution in [2.24, 2.45) is 0 Å². The van der Waals surface area contributed by atoms with E-state index in [0.717, 1.165) is 6.42 Å². The molecule has 1 aromatic carbocycles. The van der Waals surface area contributed by atoms with E-state index in [9.17, 15) is 0 Å². The third-order valence-electron chi connectivity index (χ3n) is 3.73. The molecule has 1 rings (SSSR count). The molecule has 108 valence electrons. The molecular weight excluding hydrogens is 347 g/mol. The van der Waals surface area contributed by atoms with E-state index in [4.69, 9.17) is 5.11 Å². The molecule has 0 saturated carbocycles. The standard InChI is InChI=1S/C17H27IO/c1-15(16-10-12-17(18)13-11-16)9-7-5-3-2-4-6-8-14-19/h10-13,15,19H,2-9,14H2,1H3. The Balaban J connectivity index is 2.04. The van der Waals surface area contributed by atoms with Crippen LogP contribution in [0.15, 0.2) is 24.3 Å². The van der Waals surface area contributed by atoms with Gasteiger partial charge in [0.05, 0.1) is 0 Å². The third-order valence-corrected chi connectivity index (χ3v) is 4.45. The summed E-state index contributed by atoms with van der Waals surface area (Å²) < 4.78 is 1.32. The first kappa shape index (κ1) is 17.0. The van der Waals surface area contributed by atoms with Gasteiger partial charge in [-0.25, -0.2) is 0 Å². The number of aliphatic hydroxyl groups excluding tert-OH is 1. The van der Waals surface area contributed by atoms with Crippen LogP contribution in [0.4, 0.5) is 0 Å². The van der Waals surface area contributed by atoms with Crippen LogP contribution < -0.4 is 0 Å². The van der Waals surface area contributed by atoms with Crippen LogP contribution in [0.25, 0.3) is 0 Å². The molecule has 1 atom stereocenters. The second-order valence-corrected chi connectivity index (χ2v) is 6.69. The fraction of sp³-hybridized carbons (Fsp3) is 0.647. The van der Waals surface area contributed by atoms with Crippen molar-refractivity contribution in [2.75, 3.05) is 6.61 Å². The van der Waals surface area contributed by atoms with Gasteiger partial charge in [0.15, 0.2) is 0 Å². The zero-order valence-electron chi connectivity index (χ0n) is 12.1. The van der Waals surface area contributed by atoms with Crippen LogP contribution >= 0.6 is 22.6 Å². The highest BCUT2D eigenvalue weighted by Crippen LogP contribution is 2.23. The number of aliphatic hydroxyl groups is 1. The lowest BCUT2D eigenvalue weighted by atomic mass is 9.95. The lowest BCUT2D eigenvalue weighted by Gasteiger charge is -2.11. The van der Waals surface area contributed by atoms with Gasteiger partial charge in [-0.1, -0.05) is 57.6 Å². The Hall–Kier alpha value is -0.0900. The molecule has 0 saturated heterocycles. The molecule has 1 unspecified atom stereocenters. The van der Waals surface area contributed by atoms with Crippen LogP contribution in [0.5, 0.6) is 0 Å². The molecule has 0 aliphatic heterocycles. The van der Waals surface area contributed by atoms with E-state index in [0.29, 0.717) is 12.5 Å². The molecule has 0 aromatic heterocycles. The third kappa shape index (κ3) is 7.93. The van der Waals surface area contributed by atoms with Gasteiger partial charge in [0.2, 0.25) is 0 Å². The minimum atomic E-state index is 0.355. The highest BCUT2D eigenvalue weighted by atomic mass is 127. The molecule has 0 spiro atoms. The molecule has 1 aromatic rings. The van der Waals surface area contributed by atoms with Crippen LogP contribution in [0, 0.1) is 3.57 Å². The van der Waals surface area contributed by atoms with Gasteiger partial charge in [0, 0.05) is 10.2 Å². The lowest BCUT2D eigenvalue weighted by molar-refractivity contribution is 0.282. The van der Waals surface area contributed by atoms with Gasteiger partial charge in [0.1, 0.15) is 0 Å². The van der Waals surface area contributed by atoms with Gasteiger partial charge in [0.25, 0.3) is 0 Å². The van der Waals surface area contributed by atoms with Crippen LogP contribution in [0.1, 0.15) is 69.8 Å². The summed E-state index contributed by atoms with van der Waals surface area (Å²) in [6.07, 6.45) is 10.1. The van der Waals surface area contributed by atoms with Crippen molar-refractivity contribution in [1.29, 1.82) is 0 Å². The molecule has 0 fully saturated rings. The van der Waals surface area contributed by atoms with Crippen molar-refractivity contribution < 1.29 is 5.11 Å². The van der Waals surface area contributed by atoms with Gasteiger partial charge in [-0.2, -0.15) is 0 Å². The maximum Gasteiger partial charge on any atom is 0.0431 e. The van der Waals surface area contributed by atoms with E-state index in [-0.39, 0.29) is 0 Å². The van der Waals surface area contributed by atoms with Gasteiger partial charge in [-0.3, -0.25) is 0 Å². The summed E-state index contributed by atoms with van der Waals surface area (Å²) in [5.41, 5.74) is 1.48. The predicted molar refractivity (Wildman–Crippen MR) is 91.6 cm³/mol. The first-order chi connectivity index (χ1) is 9.24. The van der Waals surface area contributed by atoms with E-state index in [1.807, 2.05) is 0 Å². The SMILES string of the molecule is CC(CCCCCCCCCO)c1ccc(I)cc1. The normalized spacial score (nSPS) is 12.6. The second kappa shape index (κ2) is 10.7. The summed E-state index contributed by atoms with van der Waals surface area (Å²) >= 11 is 2.36. The van der Waals surface area contributed by atoms with Crippen molar-refractivity contribution >= 4 is 22.6 Å². The van der Waals surface area contributed by atoms with E-state index in [1.165, 1.54) is 54.1 Å². The predicted octanol–water partition coefficient (Wildman–Crippen LogP) is 5.51. The molecule has 2 heteroatoms. The fourth-order valence-corrected chi connectivity index (χ4v) is 2.76. The van der Waals surface area contributed by atoms with Crippen molar-refractivity contribution in [2.45, 2.75) is 64.2 Å². The Morgan fingerprint density at radius 2 is 1.42 bits per heavy atom. The number of halogens is 1. The minimum absolute atomic E-state index is 0.355. The topological polar surface area (TPSA) is 20.2 Å². The summed E-state index contributed by atoms with van der Waals surface area (Å²) in [6, 6.07) is 8.93. The van der Waals surface area contributed by atoms with Crippen LogP contribution in [-0.2, 0) is 0 Å². The lowest BCUT2D eigenvalue weighted by Crippen LogP contribution is -1.94. The van der Waals surface area contributed by atoms with Gasteiger partial charge in [-0.05, 0) is 59.0 Å². The largest absolute Gasteiger partial charge is 0.396 e. The molecule has 0 radical (unpaired) electrons. The van der Waals surface area contributed by atoms with Gasteiger partial charge in [-0.15, -0.1) is 0 Å². The van der Waals surface area contributed by atoms with Gasteiger partial charge >= 0.3 is 0 Å². The van der Waals surface area contributed by atoms with Crippen molar-refractivity contribution in [1.82, 2.24) is 0 Å². The molecule has 0 amide bonds. The van der Waals surface area contributed by atoms with Crippen LogP contribution in [0.3, 0.4) is 0 Å². The summed E-state index contributed by atoms with van der Waals surface area (Å²) in [4.78, 5) is 0. The monoisotopic (exact) mass is 374 g/mol. The van der Waals surface area contributed by atoms with Crippen molar-refractivity contribution in [3.63, 3.8) is 0 Å². The number of rotatable bonds is 10. The first-order valence-corrected chi connectivity index (χ1v) is 8.68. The van der Waals surface area contributed by atoms with Crippen molar-refractivity contribution in [3.8, 4) is 0 Å². The Bertz CT molecular complexity index is 321. The maximum atomic E-state index is 8.69. The molecule has 19 heavy (non-hydrogen) atoms. The minimum Gasteiger partial charge on any atom is -0.396 e. The molecule has 1 nitrogen and oxygen atoms in total. The summed E-state index contributed by atoms with van der Waals surface area (Å²) in [6.45, 7) is 2.69. The molecule has 1 N–H and O–H groups in total. The summed E-state index contributed by atoms with van der Waals surface area (Å²) in [7, 11) is 0. The Labute approximate surface area is 132 Å². The number of hydrogen-bond donors (Lipinski definition) is 1. The quantitative estimate of drug-likeness (QED) is 0.423. The number of unbranched alkanes of at least 4 members (excludes halogenated alkanes) is 6. The molecule has 0 aliphatic rings. The second-order valence-electron chi connectivity index (χ2n) is 5.44. The summed E-state index contributed by atoms with van der Waals surface area (Å²) in [5, 5.41) is 8.69. The van der Waals surface area contributed by atoms with Crippen LogP contribution in [-0.4, -0.2) is 11.7 Å². The van der Waals surface area contributed by atoms with E-state index < -0.39 is 0 Å². The fourth-order valence-electron chi connectivity index (χ4n) is 2.40. The first-order valence-electron chi connectivity index (χ1n) is 7.60. The van der Waals surface area contributed by atoms with E-state index >= 15 is 0 Å². The zero-order chi connectivity index (χ0) is 13.9. The Morgan fingerprint density at radius 3 is 2.00 bits per heavy atom. The summed E-state index contributed by atoms with van der Waals surface area (Å²) in [5.74, 6) is 0.686. The van der Waals surface area contributed by atoms with Crippen LogP contribution in [0.2, 0.25) is 0 Å². The highest BCUT2D eigenvalue weighted by Gasteiger charge is 2.04. The average Bonchev–Trinajstić information content (AvgIpc) is 2.42. The zero-order valence-corrected chi connectivity index (χ0v) is 14.2. The average molecular weight is 374 g/mol. The smallest absolute Gasteiger partial charge is 0.0431 e. The van der Waals surface area contributed by atoms with E-state index in [1.54, 1.807) is 0 Å². The Morgan fingerprint density at radius 1 is 0.895 bits per heavy atom. The number of hydrogen-bond acceptors (Lipinski definition) is 1. The highest BCUT2D eigenvalue weighted by molar-refractivity contribution is 14.1. The van der Waals surface area contributed by atoms with Gasteiger partial charge < -0.3 is 5.11 Å². The molecule has 0 heterocycles. The molecular formula is C17H27IO. The number of benzene rings is 1. The Kier molecular flexibility index (Phi) is 9.52. The molecule has 0 bridgehead atoms. The maximum absolute atomic E-state index is 8.69. The van der Waals surface area contributed by atoms with Crippen molar-refractivity contribution in [3.05, 3.63) is 33.4 Å².